The zero-order valence-electron chi connectivity index (χ0n) is 10.5. The molecule has 1 heterocycles. The van der Waals surface area contributed by atoms with Gasteiger partial charge in [-0.3, -0.25) is 4.79 Å². The van der Waals surface area contributed by atoms with Crippen LogP contribution >= 0.6 is 11.8 Å². The molecule has 2 N–H and O–H groups in total. The van der Waals surface area contributed by atoms with Crippen LogP contribution in [0, 0.1) is 0 Å². The van der Waals surface area contributed by atoms with E-state index in [1.54, 1.807) is 13.1 Å². The van der Waals surface area contributed by atoms with Gasteiger partial charge in [0.25, 0.3) is 0 Å². The van der Waals surface area contributed by atoms with Crippen LogP contribution in [0.4, 0.5) is 0 Å². The first-order valence-corrected chi connectivity index (χ1v) is 6.93. The minimum atomic E-state index is -0.536. The molecule has 19 heavy (non-hydrogen) atoms. The van der Waals surface area contributed by atoms with Crippen molar-refractivity contribution in [1.29, 1.82) is 0 Å². The number of benzene rings is 1. The number of amides is 1. The molecule has 6 heteroatoms. The van der Waals surface area contributed by atoms with E-state index in [1.807, 2.05) is 24.3 Å². The van der Waals surface area contributed by atoms with E-state index in [0.717, 1.165) is 15.8 Å². The monoisotopic (exact) mass is 277 g/mol. The highest BCUT2D eigenvalue weighted by atomic mass is 32.2. The molecule has 5 nitrogen and oxygen atoms in total. The van der Waals surface area contributed by atoms with E-state index in [2.05, 4.69) is 15.5 Å². The maximum absolute atomic E-state index is 11.6. The molecule has 0 saturated heterocycles. The van der Waals surface area contributed by atoms with Crippen LogP contribution in [0.1, 0.15) is 6.92 Å². The molecule has 1 aromatic heterocycles. The molecule has 1 atom stereocenters. The first-order chi connectivity index (χ1) is 9.16. The van der Waals surface area contributed by atoms with Crippen molar-refractivity contribution in [2.24, 2.45) is 0 Å². The van der Waals surface area contributed by atoms with Gasteiger partial charge in [-0.15, -0.1) is 5.10 Å². The Balaban J connectivity index is 2.00. The number of aromatic nitrogens is 2. The van der Waals surface area contributed by atoms with Crippen molar-refractivity contribution in [3.05, 3.63) is 30.5 Å². The Hall–Kier alpha value is -1.66. The van der Waals surface area contributed by atoms with Gasteiger partial charge in [0.05, 0.1) is 18.1 Å². The van der Waals surface area contributed by atoms with Crippen LogP contribution in [0.5, 0.6) is 0 Å². The fourth-order valence-corrected chi connectivity index (χ4v) is 2.37. The SMILES string of the molecule is CC(O)CNC(=O)CSc1nncc2ccccc12. The molecular weight excluding hydrogens is 262 g/mol. The van der Waals surface area contributed by atoms with Gasteiger partial charge in [-0.1, -0.05) is 36.0 Å². The molecule has 1 aromatic carbocycles. The third-order valence-corrected chi connectivity index (χ3v) is 3.45. The molecule has 0 fully saturated rings. The number of aliphatic hydroxyl groups excluding tert-OH is 1. The number of rotatable bonds is 5. The maximum Gasteiger partial charge on any atom is 0.230 e. The third-order valence-electron chi connectivity index (χ3n) is 2.47. The number of hydrogen-bond donors (Lipinski definition) is 2. The van der Waals surface area contributed by atoms with Crippen molar-refractivity contribution >= 4 is 28.4 Å². The molecule has 0 aliphatic carbocycles. The first kappa shape index (κ1) is 13.8. The number of hydrogen-bond acceptors (Lipinski definition) is 5. The lowest BCUT2D eigenvalue weighted by Crippen LogP contribution is -2.31. The lowest BCUT2D eigenvalue weighted by atomic mass is 10.2. The highest BCUT2D eigenvalue weighted by Crippen LogP contribution is 2.24. The van der Waals surface area contributed by atoms with E-state index >= 15 is 0 Å². The molecule has 0 bridgehead atoms. The number of nitrogens with one attached hydrogen (secondary N) is 1. The Morgan fingerprint density at radius 1 is 1.47 bits per heavy atom. The second-order valence-electron chi connectivity index (χ2n) is 4.18. The smallest absolute Gasteiger partial charge is 0.230 e. The van der Waals surface area contributed by atoms with E-state index < -0.39 is 6.10 Å². The second-order valence-corrected chi connectivity index (χ2v) is 5.14. The quantitative estimate of drug-likeness (QED) is 0.804. The summed E-state index contributed by atoms with van der Waals surface area (Å²) in [6, 6.07) is 7.79. The van der Waals surface area contributed by atoms with Crippen LogP contribution in [0.15, 0.2) is 35.5 Å². The van der Waals surface area contributed by atoms with Gasteiger partial charge in [-0.25, -0.2) is 0 Å². The Kier molecular flexibility index (Phi) is 4.70. The fourth-order valence-electron chi connectivity index (χ4n) is 1.55. The number of aliphatic hydroxyl groups is 1. The fraction of sp³-hybridized carbons (Fsp3) is 0.308. The first-order valence-electron chi connectivity index (χ1n) is 5.95. The van der Waals surface area contributed by atoms with Crippen LogP contribution in [-0.2, 0) is 4.79 Å². The van der Waals surface area contributed by atoms with Crippen molar-refractivity contribution in [2.45, 2.75) is 18.1 Å². The summed E-state index contributed by atoms with van der Waals surface area (Å²) in [6.07, 6.45) is 1.17. The molecule has 1 amide bonds. The van der Waals surface area contributed by atoms with E-state index in [1.165, 1.54) is 11.8 Å². The minimum absolute atomic E-state index is 0.124. The van der Waals surface area contributed by atoms with Gasteiger partial charge in [0.1, 0.15) is 5.03 Å². The van der Waals surface area contributed by atoms with Gasteiger partial charge < -0.3 is 10.4 Å². The zero-order valence-corrected chi connectivity index (χ0v) is 11.4. The lowest BCUT2D eigenvalue weighted by Gasteiger charge is -2.07. The number of thioether (sulfide) groups is 1. The highest BCUT2D eigenvalue weighted by Gasteiger charge is 2.08. The summed E-state index contributed by atoms with van der Waals surface area (Å²) in [5, 5.41) is 22.4. The molecule has 0 radical (unpaired) electrons. The molecule has 1 unspecified atom stereocenters. The summed E-state index contributed by atoms with van der Waals surface area (Å²) in [5.41, 5.74) is 0. The van der Waals surface area contributed by atoms with E-state index in [-0.39, 0.29) is 18.2 Å². The molecule has 0 aliphatic heterocycles. The van der Waals surface area contributed by atoms with Gasteiger partial charge in [0.15, 0.2) is 0 Å². The average Bonchev–Trinajstić information content (AvgIpc) is 2.42. The molecule has 0 spiro atoms. The van der Waals surface area contributed by atoms with Crippen molar-refractivity contribution < 1.29 is 9.90 Å². The highest BCUT2D eigenvalue weighted by molar-refractivity contribution is 8.00. The lowest BCUT2D eigenvalue weighted by molar-refractivity contribution is -0.118. The maximum atomic E-state index is 11.6. The van der Waals surface area contributed by atoms with E-state index in [9.17, 15) is 4.79 Å². The van der Waals surface area contributed by atoms with Crippen molar-refractivity contribution in [2.75, 3.05) is 12.3 Å². The predicted octanol–water partition coefficient (Wildman–Crippen LogP) is 1.22. The Morgan fingerprint density at radius 2 is 2.26 bits per heavy atom. The van der Waals surface area contributed by atoms with Crippen LogP contribution in [0.2, 0.25) is 0 Å². The third kappa shape index (κ3) is 3.90. The molecule has 100 valence electrons. The van der Waals surface area contributed by atoms with Gasteiger partial charge in [-0.2, -0.15) is 5.10 Å². The van der Waals surface area contributed by atoms with Gasteiger partial charge >= 0.3 is 0 Å². The summed E-state index contributed by atoms with van der Waals surface area (Å²) < 4.78 is 0. The largest absolute Gasteiger partial charge is 0.392 e. The zero-order chi connectivity index (χ0) is 13.7. The van der Waals surface area contributed by atoms with Crippen LogP contribution in [0.3, 0.4) is 0 Å². The van der Waals surface area contributed by atoms with Crippen LogP contribution in [-0.4, -0.2) is 39.6 Å². The molecule has 2 rings (SSSR count). The van der Waals surface area contributed by atoms with Crippen LogP contribution in [0.25, 0.3) is 10.8 Å². The number of nitrogens with zero attached hydrogens (tertiary/aromatic N) is 2. The molecule has 2 aromatic rings. The standard InChI is InChI=1S/C13H15N3O2S/c1-9(17)6-14-12(18)8-19-13-11-5-3-2-4-10(11)7-15-16-13/h2-5,7,9,17H,6,8H2,1H3,(H,14,18). The number of carbonyl (C=O) groups is 1. The van der Waals surface area contributed by atoms with E-state index in [0.29, 0.717) is 0 Å². The van der Waals surface area contributed by atoms with Crippen molar-refractivity contribution in [3.63, 3.8) is 0 Å². The summed E-state index contributed by atoms with van der Waals surface area (Å²) in [4.78, 5) is 11.6. The van der Waals surface area contributed by atoms with Crippen molar-refractivity contribution in [3.8, 4) is 0 Å². The summed E-state index contributed by atoms with van der Waals surface area (Å²) in [5.74, 6) is 0.135. The van der Waals surface area contributed by atoms with Gasteiger partial charge in [0, 0.05) is 17.3 Å². The van der Waals surface area contributed by atoms with Gasteiger partial charge in [-0.05, 0) is 6.92 Å². The topological polar surface area (TPSA) is 75.1 Å². The number of fused-ring (bicyclic) bond motifs is 1. The average molecular weight is 277 g/mol. The van der Waals surface area contributed by atoms with Crippen LogP contribution < -0.4 is 5.32 Å². The Bertz CT molecular complexity index is 569. The normalized spacial score (nSPS) is 12.3. The molecule has 0 saturated carbocycles. The van der Waals surface area contributed by atoms with Crippen molar-refractivity contribution in [1.82, 2.24) is 15.5 Å². The number of carbonyl (C=O) groups excluding carboxylic acids is 1. The Labute approximate surface area is 115 Å². The minimum Gasteiger partial charge on any atom is -0.392 e. The van der Waals surface area contributed by atoms with E-state index in [4.69, 9.17) is 5.11 Å². The summed E-state index contributed by atoms with van der Waals surface area (Å²) in [7, 11) is 0. The summed E-state index contributed by atoms with van der Waals surface area (Å²) >= 11 is 1.34. The second kappa shape index (κ2) is 6.49. The van der Waals surface area contributed by atoms with Gasteiger partial charge in [0.2, 0.25) is 5.91 Å². The Morgan fingerprint density at radius 3 is 3.05 bits per heavy atom. The summed E-state index contributed by atoms with van der Waals surface area (Å²) in [6.45, 7) is 1.89. The predicted molar refractivity (Wildman–Crippen MR) is 75.0 cm³/mol. The molecule has 0 aliphatic rings. The molecular formula is C13H15N3O2S.